The van der Waals surface area contributed by atoms with Crippen LogP contribution >= 0.6 is 0 Å². The van der Waals surface area contributed by atoms with Crippen molar-refractivity contribution in [1.82, 2.24) is 14.9 Å². The highest BCUT2D eigenvalue weighted by molar-refractivity contribution is 5.68. The summed E-state index contributed by atoms with van der Waals surface area (Å²) >= 11 is 0. The van der Waals surface area contributed by atoms with Crippen LogP contribution in [0.5, 0.6) is 0 Å². The van der Waals surface area contributed by atoms with Crippen LogP contribution in [-0.2, 0) is 4.74 Å². The summed E-state index contributed by atoms with van der Waals surface area (Å²) in [6, 6.07) is 0.343. The predicted molar refractivity (Wildman–Crippen MR) is 81.2 cm³/mol. The normalized spacial score (nSPS) is 16.7. The minimum absolute atomic E-state index is 0.223. The van der Waals surface area contributed by atoms with Crippen LogP contribution in [-0.4, -0.2) is 45.7 Å². The van der Waals surface area contributed by atoms with Crippen LogP contribution in [0, 0.1) is 6.92 Å². The van der Waals surface area contributed by atoms with Gasteiger partial charge in [0.1, 0.15) is 11.4 Å². The molecule has 1 saturated heterocycles. The van der Waals surface area contributed by atoms with Crippen molar-refractivity contribution < 1.29 is 9.53 Å². The number of ether oxygens (including phenoxy) is 1. The number of nitrogens with one attached hydrogen (secondary N) is 1. The Balaban J connectivity index is 1.80. The number of rotatable bonds is 2. The SMILES string of the molecule is Cc1ncc(NC2CCN(C(=O)OC(C)(C)C)CC2)cn1. The lowest BCUT2D eigenvalue weighted by molar-refractivity contribution is 0.0210. The van der Waals surface area contributed by atoms with Crippen molar-refractivity contribution in [2.75, 3.05) is 18.4 Å². The number of hydrogen-bond donors (Lipinski definition) is 1. The summed E-state index contributed by atoms with van der Waals surface area (Å²) in [5.74, 6) is 0.764. The molecule has 2 rings (SSSR count). The van der Waals surface area contributed by atoms with Crippen LogP contribution in [0.15, 0.2) is 12.4 Å². The molecule has 2 heterocycles. The number of carbonyl (C=O) groups excluding carboxylic acids is 1. The summed E-state index contributed by atoms with van der Waals surface area (Å²) in [6.45, 7) is 8.94. The molecule has 0 radical (unpaired) electrons. The van der Waals surface area contributed by atoms with E-state index in [0.717, 1.165) is 24.4 Å². The molecule has 6 heteroatoms. The molecule has 0 saturated carbocycles. The first-order valence-corrected chi connectivity index (χ1v) is 7.36. The van der Waals surface area contributed by atoms with Gasteiger partial charge in [-0.25, -0.2) is 14.8 Å². The number of piperidine rings is 1. The lowest BCUT2D eigenvalue weighted by atomic mass is 10.1. The Morgan fingerprint density at radius 1 is 1.29 bits per heavy atom. The third kappa shape index (κ3) is 4.88. The Morgan fingerprint density at radius 3 is 2.38 bits per heavy atom. The van der Waals surface area contributed by atoms with Gasteiger partial charge in [0.05, 0.1) is 18.1 Å². The van der Waals surface area contributed by atoms with Gasteiger partial charge in [-0.3, -0.25) is 0 Å². The Bertz CT molecular complexity index is 473. The zero-order chi connectivity index (χ0) is 15.5. The van der Waals surface area contributed by atoms with Crippen molar-refractivity contribution in [1.29, 1.82) is 0 Å². The second-order valence-electron chi connectivity index (χ2n) is 6.40. The van der Waals surface area contributed by atoms with E-state index in [0.29, 0.717) is 19.1 Å². The molecular weight excluding hydrogens is 268 g/mol. The van der Waals surface area contributed by atoms with Crippen LogP contribution in [0.25, 0.3) is 0 Å². The summed E-state index contributed by atoms with van der Waals surface area (Å²) in [4.78, 5) is 22.1. The molecule has 1 aromatic heterocycles. The number of nitrogens with zero attached hydrogens (tertiary/aromatic N) is 3. The summed E-state index contributed by atoms with van der Waals surface area (Å²) in [7, 11) is 0. The zero-order valence-corrected chi connectivity index (χ0v) is 13.2. The molecule has 1 aliphatic heterocycles. The van der Waals surface area contributed by atoms with E-state index < -0.39 is 5.60 Å². The van der Waals surface area contributed by atoms with E-state index in [-0.39, 0.29) is 6.09 Å². The second kappa shape index (κ2) is 6.28. The van der Waals surface area contributed by atoms with Crippen molar-refractivity contribution in [2.45, 2.75) is 52.2 Å². The third-order valence-electron chi connectivity index (χ3n) is 3.30. The Hall–Kier alpha value is -1.85. The van der Waals surface area contributed by atoms with Crippen molar-refractivity contribution in [2.24, 2.45) is 0 Å². The molecule has 1 amide bonds. The van der Waals surface area contributed by atoms with Gasteiger partial charge in [-0.15, -0.1) is 0 Å². The first-order valence-electron chi connectivity index (χ1n) is 7.36. The predicted octanol–water partition coefficient (Wildman–Crippen LogP) is 2.60. The second-order valence-corrected chi connectivity index (χ2v) is 6.40. The maximum Gasteiger partial charge on any atom is 0.410 e. The molecule has 6 nitrogen and oxygen atoms in total. The smallest absolute Gasteiger partial charge is 0.410 e. The molecule has 1 aromatic rings. The third-order valence-corrected chi connectivity index (χ3v) is 3.30. The average Bonchev–Trinajstić information content (AvgIpc) is 2.40. The van der Waals surface area contributed by atoms with Gasteiger partial charge in [0.25, 0.3) is 0 Å². The molecule has 116 valence electrons. The van der Waals surface area contributed by atoms with Crippen molar-refractivity contribution >= 4 is 11.8 Å². The molecule has 1 fully saturated rings. The Morgan fingerprint density at radius 2 is 1.86 bits per heavy atom. The van der Waals surface area contributed by atoms with E-state index in [2.05, 4.69) is 15.3 Å². The van der Waals surface area contributed by atoms with Gasteiger partial charge in [-0.05, 0) is 40.5 Å². The molecule has 1 N–H and O–H groups in total. The fourth-order valence-electron chi connectivity index (χ4n) is 2.24. The van der Waals surface area contributed by atoms with Gasteiger partial charge < -0.3 is 15.0 Å². The van der Waals surface area contributed by atoms with E-state index in [4.69, 9.17) is 4.74 Å². The van der Waals surface area contributed by atoms with Gasteiger partial charge in [0.15, 0.2) is 0 Å². The minimum atomic E-state index is -0.439. The highest BCUT2D eigenvalue weighted by Crippen LogP contribution is 2.18. The highest BCUT2D eigenvalue weighted by atomic mass is 16.6. The standard InChI is InChI=1S/C15H24N4O2/c1-11-16-9-13(10-17-11)18-12-5-7-19(8-6-12)14(20)21-15(2,3)4/h9-10,12,18H,5-8H2,1-4H3. The van der Waals surface area contributed by atoms with Crippen LogP contribution in [0.2, 0.25) is 0 Å². The lowest BCUT2D eigenvalue weighted by Crippen LogP contribution is -2.44. The Labute approximate surface area is 125 Å². The maximum atomic E-state index is 12.0. The maximum absolute atomic E-state index is 12.0. The van der Waals surface area contributed by atoms with Crippen molar-refractivity contribution in [3.8, 4) is 0 Å². The van der Waals surface area contributed by atoms with Crippen molar-refractivity contribution in [3.63, 3.8) is 0 Å². The molecule has 0 spiro atoms. The molecule has 0 aromatic carbocycles. The van der Waals surface area contributed by atoms with Crippen LogP contribution in [0.4, 0.5) is 10.5 Å². The summed E-state index contributed by atoms with van der Waals surface area (Å²) in [5, 5.41) is 3.41. The van der Waals surface area contributed by atoms with E-state index in [1.807, 2.05) is 27.7 Å². The van der Waals surface area contributed by atoms with E-state index in [1.54, 1.807) is 17.3 Å². The van der Waals surface area contributed by atoms with Crippen molar-refractivity contribution in [3.05, 3.63) is 18.2 Å². The minimum Gasteiger partial charge on any atom is -0.444 e. The molecule has 0 atom stereocenters. The fourth-order valence-corrected chi connectivity index (χ4v) is 2.24. The first kappa shape index (κ1) is 15.5. The molecule has 0 aliphatic carbocycles. The number of aromatic nitrogens is 2. The molecule has 0 bridgehead atoms. The van der Waals surface area contributed by atoms with Gasteiger partial charge in [-0.1, -0.05) is 0 Å². The highest BCUT2D eigenvalue weighted by Gasteiger charge is 2.26. The zero-order valence-electron chi connectivity index (χ0n) is 13.2. The molecule has 1 aliphatic rings. The topological polar surface area (TPSA) is 67.4 Å². The van der Waals surface area contributed by atoms with E-state index in [1.165, 1.54) is 0 Å². The largest absolute Gasteiger partial charge is 0.444 e. The van der Waals surface area contributed by atoms with Crippen LogP contribution in [0.1, 0.15) is 39.4 Å². The monoisotopic (exact) mass is 292 g/mol. The Kier molecular flexibility index (Phi) is 4.65. The van der Waals surface area contributed by atoms with Gasteiger partial charge in [0, 0.05) is 19.1 Å². The summed E-state index contributed by atoms with van der Waals surface area (Å²) in [5.41, 5.74) is 0.488. The lowest BCUT2D eigenvalue weighted by Gasteiger charge is -2.34. The number of aryl methyl sites for hydroxylation is 1. The number of carbonyl (C=O) groups is 1. The van der Waals surface area contributed by atoms with Crippen LogP contribution in [0.3, 0.4) is 0 Å². The number of anilines is 1. The van der Waals surface area contributed by atoms with Gasteiger partial charge in [-0.2, -0.15) is 0 Å². The fraction of sp³-hybridized carbons (Fsp3) is 0.667. The molecule has 21 heavy (non-hydrogen) atoms. The van der Waals surface area contributed by atoms with Crippen LogP contribution < -0.4 is 5.32 Å². The van der Waals surface area contributed by atoms with E-state index in [9.17, 15) is 4.79 Å². The van der Waals surface area contributed by atoms with Gasteiger partial charge in [0.2, 0.25) is 0 Å². The quantitative estimate of drug-likeness (QED) is 0.907. The molecular formula is C15H24N4O2. The average molecular weight is 292 g/mol. The summed E-state index contributed by atoms with van der Waals surface area (Å²) in [6.07, 6.45) is 5.16. The number of amides is 1. The number of hydrogen-bond acceptors (Lipinski definition) is 5. The van der Waals surface area contributed by atoms with Gasteiger partial charge >= 0.3 is 6.09 Å². The first-order chi connectivity index (χ1) is 9.83. The summed E-state index contributed by atoms with van der Waals surface area (Å²) < 4.78 is 5.39. The molecule has 0 unspecified atom stereocenters. The number of likely N-dealkylation sites (tertiary alicyclic amines) is 1. The van der Waals surface area contributed by atoms with E-state index >= 15 is 0 Å².